The Morgan fingerprint density at radius 2 is 1.67 bits per heavy atom. The Morgan fingerprint density at radius 1 is 1.11 bits per heavy atom. The largest absolute Gasteiger partial charge is 0.493 e. The standard InChI is InChI=1S/C9H14N4O5/c10-9-12-7(17)3(8(18)13-9)4-6(16)5(15)2(1-14)11-4/h2,4-6,11,14-16H,1H2,(H4,10,12,13,17,18)/t2-,4+,5-,6+/m1/s1. The number of aliphatic hydroxyl groups excluding tert-OH is 3. The lowest BCUT2D eigenvalue weighted by Gasteiger charge is -2.17. The first-order valence-corrected chi connectivity index (χ1v) is 5.24. The van der Waals surface area contributed by atoms with Crippen molar-refractivity contribution in [3.8, 4) is 11.8 Å². The molecule has 1 aliphatic heterocycles. The molecule has 2 heterocycles. The number of aromatic nitrogens is 2. The summed E-state index contributed by atoms with van der Waals surface area (Å²) in [6, 6.07) is -1.78. The van der Waals surface area contributed by atoms with Crippen LogP contribution in [0, 0.1) is 0 Å². The van der Waals surface area contributed by atoms with E-state index in [0.717, 1.165) is 0 Å². The molecule has 2 rings (SSSR count). The van der Waals surface area contributed by atoms with Gasteiger partial charge in [0.25, 0.3) is 0 Å². The fraction of sp³-hybridized carbons (Fsp3) is 0.556. The maximum absolute atomic E-state index is 9.80. The average Bonchev–Trinajstić information content (AvgIpc) is 2.56. The van der Waals surface area contributed by atoms with Crippen molar-refractivity contribution in [2.24, 2.45) is 0 Å². The second-order valence-corrected chi connectivity index (χ2v) is 4.06. The van der Waals surface area contributed by atoms with Crippen LogP contribution in [0.25, 0.3) is 0 Å². The van der Waals surface area contributed by atoms with Crippen molar-refractivity contribution in [1.29, 1.82) is 0 Å². The molecule has 4 atom stereocenters. The van der Waals surface area contributed by atoms with E-state index in [4.69, 9.17) is 10.8 Å². The molecule has 0 unspecified atom stereocenters. The number of hydrogen-bond acceptors (Lipinski definition) is 9. The molecule has 8 N–H and O–H groups in total. The summed E-state index contributed by atoms with van der Waals surface area (Å²) in [5.74, 6) is -1.51. The van der Waals surface area contributed by atoms with Crippen molar-refractivity contribution in [2.75, 3.05) is 12.3 Å². The van der Waals surface area contributed by atoms with Crippen LogP contribution in [0.3, 0.4) is 0 Å². The molecule has 0 aromatic carbocycles. The van der Waals surface area contributed by atoms with Gasteiger partial charge in [0.1, 0.15) is 6.10 Å². The van der Waals surface area contributed by atoms with Crippen LogP contribution in [0.5, 0.6) is 11.8 Å². The number of aliphatic hydroxyl groups is 3. The number of nitrogens with zero attached hydrogens (tertiary/aromatic N) is 2. The minimum Gasteiger partial charge on any atom is -0.493 e. The lowest BCUT2D eigenvalue weighted by molar-refractivity contribution is 0.0189. The van der Waals surface area contributed by atoms with Crippen molar-refractivity contribution in [3.05, 3.63) is 5.56 Å². The molecular formula is C9H14N4O5. The minimum atomic E-state index is -1.33. The highest BCUT2D eigenvalue weighted by Gasteiger charge is 2.44. The molecule has 0 saturated carbocycles. The van der Waals surface area contributed by atoms with Gasteiger partial charge in [-0.05, 0) is 0 Å². The number of nitrogen functional groups attached to an aromatic ring is 1. The van der Waals surface area contributed by atoms with Crippen LogP contribution in [-0.4, -0.2) is 60.4 Å². The van der Waals surface area contributed by atoms with Gasteiger partial charge >= 0.3 is 0 Å². The molecule has 0 radical (unpaired) electrons. The second-order valence-electron chi connectivity index (χ2n) is 4.06. The zero-order chi connectivity index (χ0) is 13.4. The second kappa shape index (κ2) is 4.53. The van der Waals surface area contributed by atoms with E-state index in [2.05, 4.69) is 15.3 Å². The normalized spacial score (nSPS) is 31.7. The Bertz CT molecular complexity index is 434. The molecule has 1 aromatic rings. The van der Waals surface area contributed by atoms with Crippen molar-refractivity contribution in [1.82, 2.24) is 15.3 Å². The van der Waals surface area contributed by atoms with Gasteiger partial charge < -0.3 is 31.3 Å². The van der Waals surface area contributed by atoms with Gasteiger partial charge in [-0.15, -0.1) is 0 Å². The van der Waals surface area contributed by atoms with Crippen LogP contribution < -0.4 is 11.1 Å². The quantitative estimate of drug-likeness (QED) is 0.296. The highest BCUT2D eigenvalue weighted by Crippen LogP contribution is 2.36. The monoisotopic (exact) mass is 258 g/mol. The van der Waals surface area contributed by atoms with E-state index in [1.165, 1.54) is 0 Å². The number of rotatable bonds is 2. The molecule has 100 valence electrons. The predicted octanol–water partition coefficient (Wildman–Crippen LogP) is -2.80. The van der Waals surface area contributed by atoms with Crippen molar-refractivity contribution in [3.63, 3.8) is 0 Å². The van der Waals surface area contributed by atoms with Gasteiger partial charge in [0.15, 0.2) is 0 Å². The van der Waals surface area contributed by atoms with Gasteiger partial charge in [-0.1, -0.05) is 0 Å². The number of aromatic hydroxyl groups is 2. The lowest BCUT2D eigenvalue weighted by atomic mass is 10.0. The van der Waals surface area contributed by atoms with E-state index in [0.29, 0.717) is 0 Å². The number of hydrogen-bond donors (Lipinski definition) is 7. The van der Waals surface area contributed by atoms with E-state index in [1.54, 1.807) is 0 Å². The minimum absolute atomic E-state index is 0.174. The Morgan fingerprint density at radius 3 is 2.11 bits per heavy atom. The molecule has 1 aliphatic rings. The van der Waals surface area contributed by atoms with E-state index >= 15 is 0 Å². The molecule has 1 aromatic heterocycles. The smallest absolute Gasteiger partial charge is 0.226 e. The third kappa shape index (κ3) is 1.93. The maximum atomic E-state index is 9.80. The highest BCUT2D eigenvalue weighted by molar-refractivity contribution is 5.42. The summed E-state index contributed by atoms with van der Waals surface area (Å²) >= 11 is 0. The average molecular weight is 258 g/mol. The molecule has 0 bridgehead atoms. The maximum Gasteiger partial charge on any atom is 0.226 e. The van der Waals surface area contributed by atoms with E-state index in [-0.39, 0.29) is 11.5 Å². The summed E-state index contributed by atoms with van der Waals surface area (Å²) in [6.07, 6.45) is -2.57. The summed E-state index contributed by atoms with van der Waals surface area (Å²) in [5, 5.41) is 50.3. The molecule has 18 heavy (non-hydrogen) atoms. The van der Waals surface area contributed by atoms with Crippen LogP contribution >= 0.6 is 0 Å². The van der Waals surface area contributed by atoms with Gasteiger partial charge in [0.05, 0.1) is 30.4 Å². The fourth-order valence-corrected chi connectivity index (χ4v) is 2.02. The number of anilines is 1. The Hall–Kier alpha value is -1.68. The SMILES string of the molecule is Nc1nc(O)c([C@@H]2N[C@H](CO)[C@@H](O)[C@H]2O)c(O)n1. The molecule has 1 fully saturated rings. The predicted molar refractivity (Wildman–Crippen MR) is 58.5 cm³/mol. The zero-order valence-corrected chi connectivity index (χ0v) is 9.22. The summed E-state index contributed by atoms with van der Waals surface area (Å²) in [7, 11) is 0. The molecule has 0 spiro atoms. The Labute approximate surface area is 102 Å². The Kier molecular flexibility index (Phi) is 3.22. The van der Waals surface area contributed by atoms with Gasteiger partial charge in [-0.2, -0.15) is 9.97 Å². The van der Waals surface area contributed by atoms with Gasteiger partial charge in [-0.25, -0.2) is 0 Å². The van der Waals surface area contributed by atoms with Gasteiger partial charge in [0, 0.05) is 0 Å². The van der Waals surface area contributed by atoms with Crippen molar-refractivity contribution in [2.45, 2.75) is 24.3 Å². The number of nitrogens with two attached hydrogens (primary N) is 1. The van der Waals surface area contributed by atoms with Crippen LogP contribution in [0.1, 0.15) is 11.6 Å². The molecular weight excluding hydrogens is 244 g/mol. The molecule has 9 heteroatoms. The first-order valence-electron chi connectivity index (χ1n) is 5.24. The first-order chi connectivity index (χ1) is 8.45. The van der Waals surface area contributed by atoms with Crippen LogP contribution in [0.15, 0.2) is 0 Å². The van der Waals surface area contributed by atoms with E-state index in [1.807, 2.05) is 0 Å². The third-order valence-electron chi connectivity index (χ3n) is 2.93. The zero-order valence-electron chi connectivity index (χ0n) is 9.22. The van der Waals surface area contributed by atoms with Crippen molar-refractivity contribution >= 4 is 5.95 Å². The van der Waals surface area contributed by atoms with Crippen LogP contribution in [0.4, 0.5) is 5.95 Å². The summed E-state index contributed by atoms with van der Waals surface area (Å²) < 4.78 is 0. The van der Waals surface area contributed by atoms with Gasteiger partial charge in [-0.3, -0.25) is 5.32 Å². The van der Waals surface area contributed by atoms with E-state index < -0.39 is 42.7 Å². The fourth-order valence-electron chi connectivity index (χ4n) is 2.02. The lowest BCUT2D eigenvalue weighted by Crippen LogP contribution is -2.35. The van der Waals surface area contributed by atoms with Crippen LogP contribution in [-0.2, 0) is 0 Å². The van der Waals surface area contributed by atoms with E-state index in [9.17, 15) is 20.4 Å². The Balaban J connectivity index is 2.38. The third-order valence-corrected chi connectivity index (χ3v) is 2.93. The topological polar surface area (TPSA) is 165 Å². The summed E-state index contributed by atoms with van der Waals surface area (Å²) in [5.41, 5.74) is 5.05. The highest BCUT2D eigenvalue weighted by atomic mass is 16.3. The first kappa shape index (κ1) is 12.8. The van der Waals surface area contributed by atoms with Crippen LogP contribution in [0.2, 0.25) is 0 Å². The number of nitrogens with one attached hydrogen (secondary N) is 1. The molecule has 0 amide bonds. The molecule has 0 aliphatic carbocycles. The molecule has 9 nitrogen and oxygen atoms in total. The van der Waals surface area contributed by atoms with Gasteiger partial charge in [0.2, 0.25) is 17.7 Å². The summed E-state index contributed by atoms with van der Waals surface area (Å²) in [4.78, 5) is 6.91. The van der Waals surface area contributed by atoms with Crippen molar-refractivity contribution < 1.29 is 25.5 Å². The summed E-state index contributed by atoms with van der Waals surface area (Å²) in [6.45, 7) is -0.411. The molecule has 1 saturated heterocycles.